The van der Waals surface area contributed by atoms with Crippen molar-refractivity contribution in [2.75, 3.05) is 37.9 Å². The number of Topliss-reactive ketones (excluding diaryl/α,β-unsaturated/α-hetero) is 1. The van der Waals surface area contributed by atoms with Crippen LogP contribution in [0.2, 0.25) is 0 Å². The summed E-state index contributed by atoms with van der Waals surface area (Å²) in [4.78, 5) is 23.7. The van der Waals surface area contributed by atoms with E-state index in [0.717, 1.165) is 75.7 Å². The van der Waals surface area contributed by atoms with Crippen LogP contribution in [0, 0.1) is 39.4 Å². The van der Waals surface area contributed by atoms with Crippen LogP contribution in [0.3, 0.4) is 0 Å². The second-order valence-electron chi connectivity index (χ2n) is 16.8. The molecule has 0 amide bonds. The lowest BCUT2D eigenvalue weighted by molar-refractivity contribution is -0.148. The minimum absolute atomic E-state index is 0.0438. The average Bonchev–Trinajstić information content (AvgIpc) is 3.51. The zero-order chi connectivity index (χ0) is 47.0. The number of benzene rings is 2. The molecule has 0 radical (unpaired) electrons. The molecule has 0 bridgehead atoms. The molecule has 3 saturated carbocycles. The number of fused-ring (bicyclic) bond motifs is 5. The van der Waals surface area contributed by atoms with Crippen LogP contribution in [0.4, 0.5) is 0 Å². The largest absolute Gasteiger partial charge is 0.494 e. The summed E-state index contributed by atoms with van der Waals surface area (Å²) >= 11 is 0. The number of esters is 1. The van der Waals surface area contributed by atoms with Gasteiger partial charge in [-0.3, -0.25) is 29.5 Å². The van der Waals surface area contributed by atoms with Crippen molar-refractivity contribution in [2.45, 2.75) is 97.5 Å². The molecule has 0 aromatic heterocycles. The molecule has 10 N–H and O–H groups in total. The summed E-state index contributed by atoms with van der Waals surface area (Å²) in [6.45, 7) is 6.43. The minimum Gasteiger partial charge on any atom is -0.494 e. The van der Waals surface area contributed by atoms with E-state index in [1.165, 1.54) is 18.9 Å². The van der Waals surface area contributed by atoms with E-state index in [1.54, 1.807) is 24.3 Å². The number of unbranched alkanes of at least 4 members (excludes halogenated alkanes) is 2. The van der Waals surface area contributed by atoms with Gasteiger partial charge in [-0.05, 0) is 129 Å². The molecular formula is C44H66N4O13S2. The minimum atomic E-state index is -3.92. The first kappa shape index (κ1) is 52.9. The number of nitrogen functional groups attached to an aromatic ring is 2. The van der Waals surface area contributed by atoms with Crippen LogP contribution in [0.5, 0.6) is 11.5 Å². The van der Waals surface area contributed by atoms with Crippen molar-refractivity contribution in [3.05, 3.63) is 71.3 Å². The van der Waals surface area contributed by atoms with E-state index in [2.05, 4.69) is 19.9 Å². The predicted octanol–water partition coefficient (Wildman–Crippen LogP) is 5.07. The van der Waals surface area contributed by atoms with E-state index >= 15 is 0 Å². The normalized spacial score (nSPS) is 24.7. The Hall–Kier alpha value is -4.40. The van der Waals surface area contributed by atoms with E-state index in [4.69, 9.17) is 55.8 Å². The number of allylic oxidation sites excluding steroid dienone is 1. The number of aliphatic hydroxyl groups excluding tert-OH is 2. The Bertz CT molecular complexity index is 2000. The smallest absolute Gasteiger partial charge is 0.302 e. The molecule has 0 saturated heterocycles. The number of aliphatic hydroxyl groups is 2. The van der Waals surface area contributed by atoms with Gasteiger partial charge in [0.25, 0.3) is 20.2 Å². The van der Waals surface area contributed by atoms with Crippen molar-refractivity contribution in [2.24, 2.45) is 40.1 Å². The average molecular weight is 923 g/mol. The summed E-state index contributed by atoms with van der Waals surface area (Å²) in [5, 5.41) is 30.4. The molecule has 6 unspecified atom stereocenters. The third kappa shape index (κ3) is 16.6. The first-order valence-electron chi connectivity index (χ1n) is 21.2. The molecule has 6 rings (SSSR count). The van der Waals surface area contributed by atoms with Crippen molar-refractivity contribution in [3.8, 4) is 11.5 Å². The lowest BCUT2D eigenvalue weighted by atomic mass is 9.48. The molecule has 0 spiro atoms. The first-order valence-corrected chi connectivity index (χ1v) is 24.4. The Morgan fingerprint density at radius 3 is 1.62 bits per heavy atom. The van der Waals surface area contributed by atoms with Crippen LogP contribution in [0.1, 0.15) is 103 Å². The van der Waals surface area contributed by atoms with Gasteiger partial charge in [0.1, 0.15) is 35.1 Å². The summed E-state index contributed by atoms with van der Waals surface area (Å²) < 4.78 is 71.0. The zero-order valence-corrected chi connectivity index (χ0v) is 38.1. The summed E-state index contributed by atoms with van der Waals surface area (Å²) in [7, 11) is -7.85. The van der Waals surface area contributed by atoms with Crippen molar-refractivity contribution < 1.29 is 60.0 Å². The lowest BCUT2D eigenvalue weighted by Crippen LogP contribution is -2.50. The Morgan fingerprint density at radius 2 is 1.21 bits per heavy atom. The third-order valence-electron chi connectivity index (χ3n) is 12.5. The van der Waals surface area contributed by atoms with Crippen molar-refractivity contribution in [1.82, 2.24) is 0 Å². The molecule has 0 heterocycles. The van der Waals surface area contributed by atoms with Crippen molar-refractivity contribution >= 4 is 43.7 Å². The Labute approximate surface area is 371 Å². The van der Waals surface area contributed by atoms with Gasteiger partial charge in [-0.1, -0.05) is 25.5 Å². The number of ketones is 1. The van der Waals surface area contributed by atoms with Crippen LogP contribution >= 0.6 is 0 Å². The number of hydrogen-bond acceptors (Lipinski definition) is 13. The van der Waals surface area contributed by atoms with Crippen molar-refractivity contribution in [3.63, 3.8) is 0 Å². The van der Waals surface area contributed by atoms with Gasteiger partial charge in [0, 0.05) is 36.3 Å². The Morgan fingerprint density at radius 1 is 0.746 bits per heavy atom. The number of carbonyl (C=O) groups excluding carboxylic acids is 2. The van der Waals surface area contributed by atoms with Crippen LogP contribution in [0.25, 0.3) is 0 Å². The molecule has 4 aliphatic rings. The monoisotopic (exact) mass is 922 g/mol. The fraction of sp³-hybridized carbons (Fsp3) is 0.591. The fourth-order valence-electron chi connectivity index (χ4n) is 9.19. The van der Waals surface area contributed by atoms with E-state index in [-0.39, 0.29) is 34.6 Å². The van der Waals surface area contributed by atoms with Gasteiger partial charge in [0.15, 0.2) is 0 Å². The van der Waals surface area contributed by atoms with Gasteiger partial charge in [0.2, 0.25) is 0 Å². The second-order valence-corrected chi connectivity index (χ2v) is 19.9. The number of ether oxygens (including phenoxy) is 3. The highest BCUT2D eigenvalue weighted by atomic mass is 32.2. The predicted molar refractivity (Wildman–Crippen MR) is 239 cm³/mol. The number of hydrogen-bond donors (Lipinski definition) is 8. The van der Waals surface area contributed by atoms with Gasteiger partial charge in [-0.2, -0.15) is 16.8 Å². The SMILES string of the molecule is CC(=O)OC1CCC2(C)C(=CCC3C4CCC(=O)C4(C)CCC32)C1.N=C(N)c1ccc(OCCCCCOc2ccc(C(=N)N)cc2)cc1.O=S(=O)(O)CCO.O=S(=O)(O)CCO. The van der Waals surface area contributed by atoms with Gasteiger partial charge < -0.3 is 35.9 Å². The quantitative estimate of drug-likeness (QED) is 0.0289. The van der Waals surface area contributed by atoms with Crippen LogP contribution in [-0.2, 0) is 34.6 Å². The molecule has 6 atom stereocenters. The molecule has 352 valence electrons. The highest BCUT2D eigenvalue weighted by Crippen LogP contribution is 2.64. The highest BCUT2D eigenvalue weighted by Gasteiger charge is 2.58. The molecule has 2 aromatic rings. The molecule has 17 nitrogen and oxygen atoms in total. The van der Waals surface area contributed by atoms with Crippen LogP contribution < -0.4 is 20.9 Å². The number of nitrogens with two attached hydrogens (primary N) is 2. The van der Waals surface area contributed by atoms with E-state index in [9.17, 15) is 26.4 Å². The number of amidine groups is 2. The molecule has 2 aromatic carbocycles. The summed E-state index contributed by atoms with van der Waals surface area (Å²) in [6.07, 6.45) is 13.7. The topological polar surface area (TPSA) is 311 Å². The van der Waals surface area contributed by atoms with Gasteiger partial charge in [-0.25, -0.2) is 0 Å². The maximum Gasteiger partial charge on any atom is 0.302 e. The third-order valence-corrected chi connectivity index (χ3v) is 13.9. The standard InChI is InChI=1S/C21H30O3.C19H24N4O2.2C2H6O4S/c1-13(22)24-15-8-10-20(2)14(12-15)4-5-16-17-6-7-19(23)21(17,3)11-9-18(16)20;20-18(21)14-4-8-16(9-5-14)24-12-2-1-3-13-25-17-10-6-15(7-11-17)19(22)23;2*3-1-2-7(4,5)6/h4,15-18H,5-12H2,1-3H3;4-11H,1-3,12-13H2,(H3,20,21)(H3,22,23);2*3H,1-2H2,(H,4,5,6). The molecular weight excluding hydrogens is 857 g/mol. The number of carbonyl (C=O) groups is 2. The van der Waals surface area contributed by atoms with E-state index in [0.29, 0.717) is 47.9 Å². The summed E-state index contributed by atoms with van der Waals surface area (Å²) in [5.41, 5.74) is 13.9. The zero-order valence-electron chi connectivity index (χ0n) is 36.5. The lowest BCUT2D eigenvalue weighted by Gasteiger charge is -2.56. The second kappa shape index (κ2) is 24.0. The highest BCUT2D eigenvalue weighted by molar-refractivity contribution is 7.86. The maximum absolute atomic E-state index is 12.4. The molecule has 0 aliphatic heterocycles. The Balaban J connectivity index is 0.000000259. The molecule has 3 fully saturated rings. The number of nitrogens with one attached hydrogen (secondary N) is 2. The molecule has 4 aliphatic carbocycles. The van der Waals surface area contributed by atoms with E-state index in [1.807, 2.05) is 24.3 Å². The maximum atomic E-state index is 12.4. The van der Waals surface area contributed by atoms with Crippen LogP contribution in [-0.4, -0.2) is 104 Å². The fourth-order valence-corrected chi connectivity index (χ4v) is 9.65. The van der Waals surface area contributed by atoms with Gasteiger partial charge >= 0.3 is 5.97 Å². The van der Waals surface area contributed by atoms with E-state index < -0.39 is 45.0 Å². The van der Waals surface area contributed by atoms with Gasteiger partial charge in [0.05, 0.1) is 37.9 Å². The van der Waals surface area contributed by atoms with Crippen molar-refractivity contribution in [1.29, 1.82) is 10.8 Å². The summed E-state index contributed by atoms with van der Waals surface area (Å²) in [6, 6.07) is 14.4. The first-order chi connectivity index (χ1) is 29.5. The van der Waals surface area contributed by atoms with Crippen LogP contribution in [0.15, 0.2) is 60.2 Å². The van der Waals surface area contributed by atoms with Gasteiger partial charge in [-0.15, -0.1) is 0 Å². The molecule has 19 heteroatoms. The summed E-state index contributed by atoms with van der Waals surface area (Å²) in [5.74, 6) is 2.86. The molecule has 63 heavy (non-hydrogen) atoms. The Kier molecular flexibility index (Phi) is 20.2. The number of rotatable bonds is 15.